The SMILES string of the molecule is CC(=O)Nc1ccc(CC(=O)OCC(=O)c2ccc(NC(=O)C(C)C)cc2)cc1. The van der Waals surface area contributed by atoms with Crippen LogP contribution in [0.15, 0.2) is 48.5 Å². The highest BCUT2D eigenvalue weighted by Gasteiger charge is 2.12. The predicted octanol–water partition coefficient (Wildman–Crippen LogP) is 3.21. The van der Waals surface area contributed by atoms with Gasteiger partial charge < -0.3 is 15.4 Å². The van der Waals surface area contributed by atoms with Gasteiger partial charge in [0.2, 0.25) is 11.8 Å². The Hall–Kier alpha value is -3.48. The van der Waals surface area contributed by atoms with Crippen LogP contribution in [0, 0.1) is 5.92 Å². The quantitative estimate of drug-likeness (QED) is 0.527. The van der Waals surface area contributed by atoms with Crippen LogP contribution in [-0.2, 0) is 25.5 Å². The summed E-state index contributed by atoms with van der Waals surface area (Å²) in [5.74, 6) is -1.28. The molecule has 0 fully saturated rings. The minimum Gasteiger partial charge on any atom is -0.457 e. The maximum absolute atomic E-state index is 12.2. The largest absolute Gasteiger partial charge is 0.457 e. The third kappa shape index (κ3) is 7.21. The smallest absolute Gasteiger partial charge is 0.310 e. The molecule has 2 N–H and O–H groups in total. The number of rotatable bonds is 8. The monoisotopic (exact) mass is 396 g/mol. The second-order valence-electron chi connectivity index (χ2n) is 6.86. The lowest BCUT2D eigenvalue weighted by molar-refractivity contribution is -0.141. The van der Waals surface area contributed by atoms with Gasteiger partial charge in [-0.2, -0.15) is 0 Å². The number of amides is 2. The molecule has 0 heterocycles. The summed E-state index contributed by atoms with van der Waals surface area (Å²) >= 11 is 0. The molecule has 0 aliphatic rings. The Labute approximate surface area is 169 Å². The van der Waals surface area contributed by atoms with E-state index >= 15 is 0 Å². The third-order valence-electron chi connectivity index (χ3n) is 3.99. The summed E-state index contributed by atoms with van der Waals surface area (Å²) in [7, 11) is 0. The molecule has 0 unspecified atom stereocenters. The zero-order valence-corrected chi connectivity index (χ0v) is 16.7. The molecule has 0 saturated carbocycles. The lowest BCUT2D eigenvalue weighted by Gasteiger charge is -2.09. The van der Waals surface area contributed by atoms with Gasteiger partial charge in [0.15, 0.2) is 12.4 Å². The lowest BCUT2D eigenvalue weighted by atomic mass is 10.1. The fraction of sp³-hybridized carbons (Fsp3) is 0.273. The van der Waals surface area contributed by atoms with Crippen LogP contribution in [0.5, 0.6) is 0 Å². The molecule has 7 heteroatoms. The zero-order valence-electron chi connectivity index (χ0n) is 16.7. The molecule has 2 amide bonds. The van der Waals surface area contributed by atoms with Gasteiger partial charge in [-0.15, -0.1) is 0 Å². The van der Waals surface area contributed by atoms with Crippen LogP contribution < -0.4 is 10.6 Å². The van der Waals surface area contributed by atoms with Crippen molar-refractivity contribution in [2.45, 2.75) is 27.2 Å². The molecular formula is C22H24N2O5. The maximum Gasteiger partial charge on any atom is 0.310 e. The standard InChI is InChI=1S/C22H24N2O5/c1-14(2)22(28)24-19-10-6-17(7-11-19)20(26)13-29-21(27)12-16-4-8-18(9-5-16)23-15(3)25/h4-11,14H,12-13H2,1-3H3,(H,23,25)(H,24,28). The first-order valence-corrected chi connectivity index (χ1v) is 9.21. The Kier molecular flexibility index (Phi) is 7.65. The number of Topliss-reactive ketones (excluding diaryl/α,β-unsaturated/α-hetero) is 1. The molecule has 152 valence electrons. The molecule has 2 aromatic rings. The minimum atomic E-state index is -0.522. The van der Waals surface area contributed by atoms with Gasteiger partial charge in [-0.25, -0.2) is 0 Å². The van der Waals surface area contributed by atoms with Crippen molar-refractivity contribution in [2.24, 2.45) is 5.92 Å². The second-order valence-corrected chi connectivity index (χ2v) is 6.86. The number of benzene rings is 2. The van der Waals surface area contributed by atoms with Crippen molar-refractivity contribution in [2.75, 3.05) is 17.2 Å². The Balaban J connectivity index is 1.82. The summed E-state index contributed by atoms with van der Waals surface area (Å²) in [6.45, 7) is 4.63. The van der Waals surface area contributed by atoms with Gasteiger partial charge in [0.25, 0.3) is 0 Å². The van der Waals surface area contributed by atoms with Crippen LogP contribution in [0.4, 0.5) is 11.4 Å². The fourth-order valence-corrected chi connectivity index (χ4v) is 2.38. The Bertz CT molecular complexity index is 886. The first-order chi connectivity index (χ1) is 13.7. The van der Waals surface area contributed by atoms with Crippen molar-refractivity contribution in [3.63, 3.8) is 0 Å². The number of hydrogen-bond donors (Lipinski definition) is 2. The van der Waals surface area contributed by atoms with E-state index < -0.39 is 5.97 Å². The van der Waals surface area contributed by atoms with Crippen molar-refractivity contribution in [3.8, 4) is 0 Å². The molecule has 0 aliphatic carbocycles. The van der Waals surface area contributed by atoms with E-state index in [1.807, 2.05) is 0 Å². The number of esters is 1. The van der Waals surface area contributed by atoms with E-state index in [4.69, 9.17) is 4.74 Å². The highest BCUT2D eigenvalue weighted by molar-refractivity contribution is 5.99. The molecule has 29 heavy (non-hydrogen) atoms. The average Bonchev–Trinajstić information content (AvgIpc) is 2.67. The third-order valence-corrected chi connectivity index (χ3v) is 3.99. The highest BCUT2D eigenvalue weighted by Crippen LogP contribution is 2.13. The summed E-state index contributed by atoms with van der Waals surface area (Å²) in [6, 6.07) is 13.2. The summed E-state index contributed by atoms with van der Waals surface area (Å²) in [6.07, 6.45) is 0.0216. The van der Waals surface area contributed by atoms with Gasteiger partial charge in [-0.1, -0.05) is 26.0 Å². The Morgan fingerprint density at radius 3 is 1.97 bits per heavy atom. The van der Waals surface area contributed by atoms with E-state index in [9.17, 15) is 19.2 Å². The molecule has 0 atom stereocenters. The van der Waals surface area contributed by atoms with Crippen LogP contribution in [0.1, 0.15) is 36.7 Å². The molecule has 0 bridgehead atoms. The summed E-state index contributed by atoms with van der Waals surface area (Å²) < 4.78 is 5.06. The van der Waals surface area contributed by atoms with E-state index in [-0.39, 0.29) is 36.5 Å². The molecule has 0 spiro atoms. The number of anilines is 2. The van der Waals surface area contributed by atoms with Crippen molar-refractivity contribution >= 4 is 34.9 Å². The van der Waals surface area contributed by atoms with E-state index in [1.165, 1.54) is 6.92 Å². The predicted molar refractivity (Wildman–Crippen MR) is 110 cm³/mol. The number of nitrogens with one attached hydrogen (secondary N) is 2. The van der Waals surface area contributed by atoms with Gasteiger partial charge in [0.05, 0.1) is 6.42 Å². The number of carbonyl (C=O) groups is 4. The van der Waals surface area contributed by atoms with Crippen LogP contribution in [0.25, 0.3) is 0 Å². The molecule has 0 radical (unpaired) electrons. The Morgan fingerprint density at radius 2 is 1.41 bits per heavy atom. The number of hydrogen-bond acceptors (Lipinski definition) is 5. The highest BCUT2D eigenvalue weighted by atomic mass is 16.5. The van der Waals surface area contributed by atoms with Crippen LogP contribution >= 0.6 is 0 Å². The summed E-state index contributed by atoms with van der Waals surface area (Å²) in [5, 5.41) is 5.38. The van der Waals surface area contributed by atoms with Crippen molar-refractivity contribution in [1.82, 2.24) is 0 Å². The minimum absolute atomic E-state index is 0.0216. The number of ether oxygens (including phenoxy) is 1. The molecule has 0 saturated heterocycles. The van der Waals surface area contributed by atoms with Gasteiger partial charge in [0, 0.05) is 29.8 Å². The molecule has 2 aromatic carbocycles. The maximum atomic E-state index is 12.2. The van der Waals surface area contributed by atoms with Crippen molar-refractivity contribution < 1.29 is 23.9 Å². The van der Waals surface area contributed by atoms with Gasteiger partial charge in [-0.3, -0.25) is 19.2 Å². The van der Waals surface area contributed by atoms with E-state index in [2.05, 4.69) is 10.6 Å². The van der Waals surface area contributed by atoms with Gasteiger partial charge in [0.1, 0.15) is 0 Å². The molecular weight excluding hydrogens is 372 g/mol. The van der Waals surface area contributed by atoms with E-state index in [0.29, 0.717) is 22.5 Å². The van der Waals surface area contributed by atoms with Crippen LogP contribution in [0.3, 0.4) is 0 Å². The fourth-order valence-electron chi connectivity index (χ4n) is 2.38. The first kappa shape index (κ1) is 21.8. The second kappa shape index (κ2) is 10.2. The molecule has 0 aliphatic heterocycles. The van der Waals surface area contributed by atoms with Gasteiger partial charge in [-0.05, 0) is 42.0 Å². The molecule has 0 aromatic heterocycles. The zero-order chi connectivity index (χ0) is 21.4. The summed E-state index contributed by atoms with van der Waals surface area (Å²) in [4.78, 5) is 46.8. The molecule has 7 nitrogen and oxygen atoms in total. The Morgan fingerprint density at radius 1 is 0.862 bits per heavy atom. The number of carbonyl (C=O) groups excluding carboxylic acids is 4. The first-order valence-electron chi connectivity index (χ1n) is 9.21. The number of ketones is 1. The van der Waals surface area contributed by atoms with E-state index in [1.54, 1.807) is 62.4 Å². The van der Waals surface area contributed by atoms with E-state index in [0.717, 1.165) is 0 Å². The average molecular weight is 396 g/mol. The lowest BCUT2D eigenvalue weighted by Crippen LogP contribution is -2.18. The normalized spacial score (nSPS) is 10.3. The molecule has 2 rings (SSSR count). The van der Waals surface area contributed by atoms with Gasteiger partial charge >= 0.3 is 5.97 Å². The van der Waals surface area contributed by atoms with Crippen LogP contribution in [-0.4, -0.2) is 30.2 Å². The summed E-state index contributed by atoms with van der Waals surface area (Å²) in [5.41, 5.74) is 2.33. The van der Waals surface area contributed by atoms with Crippen molar-refractivity contribution in [3.05, 3.63) is 59.7 Å². The van der Waals surface area contributed by atoms with Crippen LogP contribution in [0.2, 0.25) is 0 Å². The topological polar surface area (TPSA) is 102 Å². The van der Waals surface area contributed by atoms with Crippen molar-refractivity contribution in [1.29, 1.82) is 0 Å².